The first-order valence-electron chi connectivity index (χ1n) is 7.48. The molecule has 1 aliphatic rings. The highest BCUT2D eigenvalue weighted by Gasteiger charge is 2.18. The van der Waals surface area contributed by atoms with Crippen molar-refractivity contribution in [1.29, 1.82) is 0 Å². The molecule has 1 aliphatic heterocycles. The molecular weight excluding hydrogens is 302 g/mol. The summed E-state index contributed by atoms with van der Waals surface area (Å²) in [5, 5.41) is 4.74. The molecule has 22 heavy (non-hydrogen) atoms. The molecule has 0 radical (unpaired) electrons. The van der Waals surface area contributed by atoms with Gasteiger partial charge in [0.2, 0.25) is 11.7 Å². The van der Waals surface area contributed by atoms with Crippen LogP contribution in [0.3, 0.4) is 0 Å². The number of aromatic nitrogens is 2. The standard InChI is InChI=1S/C15H20ClN5O/c16-13-3-1-12(2-4-13)15-18-14(22-19-15)11-21-9-7-20(6-5-17)8-10-21/h1-4H,5-11,17H2. The predicted octanol–water partition coefficient (Wildman–Crippen LogP) is 1.47. The second-order valence-corrected chi connectivity index (χ2v) is 5.86. The molecule has 1 aromatic heterocycles. The lowest BCUT2D eigenvalue weighted by molar-refractivity contribution is 0.119. The first-order valence-corrected chi connectivity index (χ1v) is 7.86. The van der Waals surface area contributed by atoms with E-state index < -0.39 is 0 Å². The third kappa shape index (κ3) is 3.84. The molecule has 2 N–H and O–H groups in total. The van der Waals surface area contributed by atoms with Crippen LogP contribution in [0.4, 0.5) is 0 Å². The molecule has 1 saturated heterocycles. The maximum Gasteiger partial charge on any atom is 0.241 e. The maximum absolute atomic E-state index is 5.88. The smallest absolute Gasteiger partial charge is 0.241 e. The topological polar surface area (TPSA) is 71.4 Å². The van der Waals surface area contributed by atoms with Gasteiger partial charge in [-0.25, -0.2) is 0 Å². The number of hydrogen-bond acceptors (Lipinski definition) is 6. The molecule has 0 bridgehead atoms. The van der Waals surface area contributed by atoms with Gasteiger partial charge in [-0.2, -0.15) is 4.98 Å². The molecule has 3 rings (SSSR count). The lowest BCUT2D eigenvalue weighted by atomic mass is 10.2. The van der Waals surface area contributed by atoms with Crippen molar-refractivity contribution >= 4 is 11.6 Å². The van der Waals surface area contributed by atoms with Crippen LogP contribution in [-0.2, 0) is 6.54 Å². The number of nitrogens with two attached hydrogens (primary N) is 1. The Labute approximate surface area is 134 Å². The zero-order valence-electron chi connectivity index (χ0n) is 12.4. The van der Waals surface area contributed by atoms with Crippen molar-refractivity contribution in [3.63, 3.8) is 0 Å². The third-order valence-electron chi connectivity index (χ3n) is 3.84. The molecular formula is C15H20ClN5O. The Morgan fingerprint density at radius 1 is 1.09 bits per heavy atom. The van der Waals surface area contributed by atoms with E-state index in [2.05, 4.69) is 19.9 Å². The van der Waals surface area contributed by atoms with Gasteiger partial charge in [-0.3, -0.25) is 9.80 Å². The van der Waals surface area contributed by atoms with Crippen molar-refractivity contribution in [2.45, 2.75) is 6.54 Å². The van der Waals surface area contributed by atoms with Gasteiger partial charge in [-0.05, 0) is 24.3 Å². The summed E-state index contributed by atoms with van der Waals surface area (Å²) in [4.78, 5) is 9.17. The highest BCUT2D eigenvalue weighted by Crippen LogP contribution is 2.19. The molecule has 0 atom stereocenters. The molecule has 2 aromatic rings. The summed E-state index contributed by atoms with van der Waals surface area (Å²) >= 11 is 5.88. The van der Waals surface area contributed by atoms with E-state index >= 15 is 0 Å². The summed E-state index contributed by atoms with van der Waals surface area (Å²) in [5.74, 6) is 1.26. The van der Waals surface area contributed by atoms with E-state index in [-0.39, 0.29) is 0 Å². The van der Waals surface area contributed by atoms with Crippen LogP contribution >= 0.6 is 11.6 Å². The quantitative estimate of drug-likeness (QED) is 0.899. The molecule has 0 unspecified atom stereocenters. The highest BCUT2D eigenvalue weighted by atomic mass is 35.5. The molecule has 0 spiro atoms. The molecule has 1 aromatic carbocycles. The SMILES string of the molecule is NCCN1CCN(Cc2nc(-c3ccc(Cl)cc3)no2)CC1. The Bertz CT molecular complexity index is 592. The Kier molecular flexibility index (Phi) is 5.04. The summed E-state index contributed by atoms with van der Waals surface area (Å²) in [7, 11) is 0. The largest absolute Gasteiger partial charge is 0.338 e. The second kappa shape index (κ2) is 7.19. The lowest BCUT2D eigenvalue weighted by Gasteiger charge is -2.33. The number of hydrogen-bond donors (Lipinski definition) is 1. The fourth-order valence-corrected chi connectivity index (χ4v) is 2.71. The molecule has 0 saturated carbocycles. The fourth-order valence-electron chi connectivity index (χ4n) is 2.58. The third-order valence-corrected chi connectivity index (χ3v) is 4.09. The molecule has 118 valence electrons. The van der Waals surface area contributed by atoms with E-state index in [4.69, 9.17) is 21.9 Å². The van der Waals surface area contributed by atoms with E-state index in [9.17, 15) is 0 Å². The minimum absolute atomic E-state index is 0.605. The molecule has 1 fully saturated rings. The van der Waals surface area contributed by atoms with Crippen LogP contribution in [0.1, 0.15) is 5.89 Å². The number of benzene rings is 1. The van der Waals surface area contributed by atoms with E-state index in [1.807, 2.05) is 24.3 Å². The Balaban J connectivity index is 1.57. The summed E-state index contributed by atoms with van der Waals surface area (Å²) in [5.41, 5.74) is 6.50. The predicted molar refractivity (Wildman–Crippen MR) is 85.5 cm³/mol. The van der Waals surface area contributed by atoms with Gasteiger partial charge in [0.05, 0.1) is 6.54 Å². The summed E-state index contributed by atoms with van der Waals surface area (Å²) in [6.45, 7) is 6.45. The summed E-state index contributed by atoms with van der Waals surface area (Å²) in [6, 6.07) is 7.43. The Morgan fingerprint density at radius 2 is 1.77 bits per heavy atom. The fraction of sp³-hybridized carbons (Fsp3) is 0.467. The summed E-state index contributed by atoms with van der Waals surface area (Å²) < 4.78 is 5.36. The van der Waals surface area contributed by atoms with Crippen molar-refractivity contribution in [2.75, 3.05) is 39.3 Å². The molecule has 6 nitrogen and oxygen atoms in total. The van der Waals surface area contributed by atoms with Crippen LogP contribution < -0.4 is 5.73 Å². The van der Waals surface area contributed by atoms with Gasteiger partial charge in [-0.1, -0.05) is 16.8 Å². The normalized spacial score (nSPS) is 17.0. The second-order valence-electron chi connectivity index (χ2n) is 5.43. The number of rotatable bonds is 5. The van der Waals surface area contributed by atoms with Crippen molar-refractivity contribution in [2.24, 2.45) is 5.73 Å². The Hall–Kier alpha value is -1.47. The van der Waals surface area contributed by atoms with Crippen LogP contribution in [0.15, 0.2) is 28.8 Å². The molecule has 0 amide bonds. The summed E-state index contributed by atoms with van der Waals surface area (Å²) in [6.07, 6.45) is 0. The van der Waals surface area contributed by atoms with Gasteiger partial charge in [0.15, 0.2) is 0 Å². The van der Waals surface area contributed by atoms with Gasteiger partial charge in [0, 0.05) is 49.9 Å². The van der Waals surface area contributed by atoms with Gasteiger partial charge >= 0.3 is 0 Å². The number of piperazine rings is 1. The van der Waals surface area contributed by atoms with E-state index in [1.54, 1.807) is 0 Å². The Morgan fingerprint density at radius 3 is 2.45 bits per heavy atom. The van der Waals surface area contributed by atoms with Gasteiger partial charge in [0.1, 0.15) is 0 Å². The minimum Gasteiger partial charge on any atom is -0.338 e. The first-order chi connectivity index (χ1) is 10.7. The molecule has 2 heterocycles. The number of nitrogens with zero attached hydrogens (tertiary/aromatic N) is 4. The van der Waals surface area contributed by atoms with Crippen molar-refractivity contribution < 1.29 is 4.52 Å². The van der Waals surface area contributed by atoms with Crippen LogP contribution in [0.2, 0.25) is 5.02 Å². The van der Waals surface area contributed by atoms with Crippen molar-refractivity contribution in [1.82, 2.24) is 19.9 Å². The van der Waals surface area contributed by atoms with E-state index in [0.717, 1.165) is 38.3 Å². The van der Waals surface area contributed by atoms with E-state index in [1.165, 1.54) is 0 Å². The van der Waals surface area contributed by atoms with Crippen LogP contribution in [-0.4, -0.2) is 59.2 Å². The zero-order chi connectivity index (χ0) is 15.4. The average molecular weight is 322 g/mol. The monoisotopic (exact) mass is 321 g/mol. The molecule has 7 heteroatoms. The van der Waals surface area contributed by atoms with Crippen LogP contribution in [0.25, 0.3) is 11.4 Å². The maximum atomic E-state index is 5.88. The van der Waals surface area contributed by atoms with Crippen LogP contribution in [0, 0.1) is 0 Å². The van der Waals surface area contributed by atoms with Crippen molar-refractivity contribution in [3.8, 4) is 11.4 Å². The molecule has 0 aliphatic carbocycles. The van der Waals surface area contributed by atoms with Gasteiger partial charge < -0.3 is 10.3 Å². The van der Waals surface area contributed by atoms with Crippen molar-refractivity contribution in [3.05, 3.63) is 35.2 Å². The van der Waals surface area contributed by atoms with E-state index in [0.29, 0.717) is 29.8 Å². The lowest BCUT2D eigenvalue weighted by Crippen LogP contribution is -2.47. The number of halogens is 1. The van der Waals surface area contributed by atoms with Gasteiger partial charge in [0.25, 0.3) is 0 Å². The minimum atomic E-state index is 0.605. The highest BCUT2D eigenvalue weighted by molar-refractivity contribution is 6.30. The average Bonchev–Trinajstić information content (AvgIpc) is 2.99. The van der Waals surface area contributed by atoms with Crippen LogP contribution in [0.5, 0.6) is 0 Å². The zero-order valence-corrected chi connectivity index (χ0v) is 13.2. The van der Waals surface area contributed by atoms with Gasteiger partial charge in [-0.15, -0.1) is 0 Å². The first kappa shape index (κ1) is 15.4.